The van der Waals surface area contributed by atoms with E-state index in [2.05, 4.69) is 4.72 Å². The topological polar surface area (TPSA) is 55.4 Å². The van der Waals surface area contributed by atoms with Crippen molar-refractivity contribution in [3.05, 3.63) is 59.7 Å². The molecule has 0 spiro atoms. The van der Waals surface area contributed by atoms with Gasteiger partial charge in [-0.3, -0.25) is 4.72 Å². The van der Waals surface area contributed by atoms with Gasteiger partial charge in [-0.1, -0.05) is 30.4 Å². The van der Waals surface area contributed by atoms with Gasteiger partial charge in [0.25, 0.3) is 0 Å². The summed E-state index contributed by atoms with van der Waals surface area (Å²) in [7, 11) is -3.36. The third-order valence-electron chi connectivity index (χ3n) is 3.14. The lowest BCUT2D eigenvalue weighted by molar-refractivity contribution is 0.484. The van der Waals surface area contributed by atoms with Gasteiger partial charge in [-0.25, -0.2) is 8.42 Å². The maximum atomic E-state index is 11.5. The highest BCUT2D eigenvalue weighted by molar-refractivity contribution is 7.92. The van der Waals surface area contributed by atoms with Crippen molar-refractivity contribution in [2.45, 2.75) is 6.42 Å². The van der Waals surface area contributed by atoms with E-state index >= 15 is 0 Å². The SMILES string of the molecule is CS(=O)(=O)Nc1cc2c(cc1Oc1ccccc1)CC=C2. The normalized spacial score (nSPS) is 13.0. The van der Waals surface area contributed by atoms with E-state index in [1.165, 1.54) is 0 Å². The zero-order chi connectivity index (χ0) is 14.9. The first-order chi connectivity index (χ1) is 10.0. The Kier molecular flexibility index (Phi) is 3.43. The molecule has 1 aliphatic rings. The molecule has 4 nitrogen and oxygen atoms in total. The van der Waals surface area contributed by atoms with Crippen molar-refractivity contribution in [3.8, 4) is 11.5 Å². The van der Waals surface area contributed by atoms with Gasteiger partial charge in [-0.2, -0.15) is 0 Å². The monoisotopic (exact) mass is 301 g/mol. The molecule has 0 fully saturated rings. The highest BCUT2D eigenvalue weighted by Gasteiger charge is 2.15. The van der Waals surface area contributed by atoms with Crippen LogP contribution in [0.3, 0.4) is 0 Å². The first-order valence-corrected chi connectivity index (χ1v) is 8.44. The van der Waals surface area contributed by atoms with E-state index < -0.39 is 10.0 Å². The van der Waals surface area contributed by atoms with Crippen LogP contribution in [-0.4, -0.2) is 14.7 Å². The smallest absolute Gasteiger partial charge is 0.229 e. The molecule has 2 aromatic carbocycles. The zero-order valence-corrected chi connectivity index (χ0v) is 12.4. The molecule has 108 valence electrons. The molecule has 0 aliphatic heterocycles. The van der Waals surface area contributed by atoms with Gasteiger partial charge in [-0.05, 0) is 41.8 Å². The number of fused-ring (bicyclic) bond motifs is 1. The summed E-state index contributed by atoms with van der Waals surface area (Å²) in [4.78, 5) is 0. The highest BCUT2D eigenvalue weighted by Crippen LogP contribution is 2.35. The van der Waals surface area contributed by atoms with Gasteiger partial charge in [0.1, 0.15) is 5.75 Å². The van der Waals surface area contributed by atoms with Crippen LogP contribution in [0.4, 0.5) is 5.69 Å². The second-order valence-corrected chi connectivity index (χ2v) is 6.69. The van der Waals surface area contributed by atoms with E-state index in [1.807, 2.05) is 48.6 Å². The summed E-state index contributed by atoms with van der Waals surface area (Å²) in [5.74, 6) is 1.18. The minimum atomic E-state index is -3.36. The van der Waals surface area contributed by atoms with Crippen LogP contribution in [0.5, 0.6) is 11.5 Å². The van der Waals surface area contributed by atoms with Crippen molar-refractivity contribution in [2.75, 3.05) is 11.0 Å². The lowest BCUT2D eigenvalue weighted by Crippen LogP contribution is -2.10. The minimum Gasteiger partial charge on any atom is -0.455 e. The fraction of sp³-hybridized carbons (Fsp3) is 0.125. The molecule has 1 N–H and O–H groups in total. The van der Waals surface area contributed by atoms with Crippen molar-refractivity contribution in [3.63, 3.8) is 0 Å². The molecule has 0 aromatic heterocycles. The molecule has 0 atom stereocenters. The minimum absolute atomic E-state index is 0.451. The number of anilines is 1. The average molecular weight is 301 g/mol. The maximum Gasteiger partial charge on any atom is 0.229 e. The van der Waals surface area contributed by atoms with E-state index in [0.717, 1.165) is 23.8 Å². The number of para-hydroxylation sites is 1. The molecule has 21 heavy (non-hydrogen) atoms. The van der Waals surface area contributed by atoms with Crippen LogP contribution >= 0.6 is 0 Å². The van der Waals surface area contributed by atoms with E-state index in [1.54, 1.807) is 6.07 Å². The number of benzene rings is 2. The summed E-state index contributed by atoms with van der Waals surface area (Å²) in [6.07, 6.45) is 5.98. The van der Waals surface area contributed by atoms with Crippen LogP contribution in [0, 0.1) is 0 Å². The van der Waals surface area contributed by atoms with Crippen molar-refractivity contribution in [2.24, 2.45) is 0 Å². The molecule has 0 radical (unpaired) electrons. The third-order valence-corrected chi connectivity index (χ3v) is 3.73. The lowest BCUT2D eigenvalue weighted by atomic mass is 10.1. The van der Waals surface area contributed by atoms with Crippen molar-refractivity contribution in [1.82, 2.24) is 0 Å². The molecule has 0 unspecified atom stereocenters. The Balaban J connectivity index is 2.02. The van der Waals surface area contributed by atoms with Crippen LogP contribution in [0.2, 0.25) is 0 Å². The van der Waals surface area contributed by atoms with Gasteiger partial charge in [0.05, 0.1) is 11.9 Å². The Hall–Kier alpha value is -2.27. The first kappa shape index (κ1) is 13.7. The average Bonchev–Trinajstić information content (AvgIpc) is 2.85. The number of hydrogen-bond acceptors (Lipinski definition) is 3. The fourth-order valence-corrected chi connectivity index (χ4v) is 2.82. The van der Waals surface area contributed by atoms with Crippen molar-refractivity contribution in [1.29, 1.82) is 0 Å². The summed E-state index contributed by atoms with van der Waals surface area (Å²) in [6.45, 7) is 0. The maximum absolute atomic E-state index is 11.5. The molecule has 0 amide bonds. The zero-order valence-electron chi connectivity index (χ0n) is 11.5. The van der Waals surface area contributed by atoms with Crippen LogP contribution in [0.1, 0.15) is 11.1 Å². The molecular formula is C16H15NO3S. The molecule has 0 heterocycles. The Labute approximate surface area is 124 Å². The quantitative estimate of drug-likeness (QED) is 0.941. The van der Waals surface area contributed by atoms with Gasteiger partial charge in [0.2, 0.25) is 10.0 Å². The standard InChI is InChI=1S/C16H15NO3S/c1-21(18,19)17-15-10-12-6-5-7-13(12)11-16(15)20-14-8-3-2-4-9-14/h2-6,8-11,17H,7H2,1H3. The van der Waals surface area contributed by atoms with Crippen molar-refractivity contribution < 1.29 is 13.2 Å². The van der Waals surface area contributed by atoms with Gasteiger partial charge in [-0.15, -0.1) is 0 Å². The van der Waals surface area contributed by atoms with E-state index in [0.29, 0.717) is 17.2 Å². The van der Waals surface area contributed by atoms with Gasteiger partial charge >= 0.3 is 0 Å². The van der Waals surface area contributed by atoms with E-state index in [-0.39, 0.29) is 0 Å². The Morgan fingerprint density at radius 2 is 1.90 bits per heavy atom. The summed E-state index contributed by atoms with van der Waals surface area (Å²) in [5, 5.41) is 0. The molecule has 0 bridgehead atoms. The Morgan fingerprint density at radius 1 is 1.14 bits per heavy atom. The highest BCUT2D eigenvalue weighted by atomic mass is 32.2. The number of sulfonamides is 1. The van der Waals surface area contributed by atoms with Crippen LogP contribution in [-0.2, 0) is 16.4 Å². The number of allylic oxidation sites excluding steroid dienone is 1. The van der Waals surface area contributed by atoms with Gasteiger partial charge < -0.3 is 4.74 Å². The number of nitrogens with one attached hydrogen (secondary N) is 1. The fourth-order valence-electron chi connectivity index (χ4n) is 2.26. The van der Waals surface area contributed by atoms with E-state index in [9.17, 15) is 8.42 Å². The largest absolute Gasteiger partial charge is 0.455 e. The lowest BCUT2D eigenvalue weighted by Gasteiger charge is -2.14. The Bertz CT molecular complexity index is 796. The molecular weight excluding hydrogens is 286 g/mol. The second kappa shape index (κ2) is 5.26. The first-order valence-electron chi connectivity index (χ1n) is 6.55. The number of rotatable bonds is 4. The molecule has 0 saturated carbocycles. The van der Waals surface area contributed by atoms with Gasteiger partial charge in [0, 0.05) is 0 Å². The number of ether oxygens (including phenoxy) is 1. The second-order valence-electron chi connectivity index (χ2n) is 4.94. The molecule has 0 saturated heterocycles. The van der Waals surface area contributed by atoms with E-state index in [4.69, 9.17) is 4.74 Å². The molecule has 1 aliphatic carbocycles. The van der Waals surface area contributed by atoms with Crippen molar-refractivity contribution >= 4 is 21.8 Å². The predicted molar refractivity (Wildman–Crippen MR) is 84.2 cm³/mol. The van der Waals surface area contributed by atoms with Gasteiger partial charge in [0.15, 0.2) is 5.75 Å². The number of hydrogen-bond donors (Lipinski definition) is 1. The third kappa shape index (κ3) is 3.25. The van der Waals surface area contributed by atoms with Crippen LogP contribution < -0.4 is 9.46 Å². The summed E-state index contributed by atoms with van der Waals surface area (Å²) < 4.78 is 31.4. The Morgan fingerprint density at radius 3 is 2.62 bits per heavy atom. The van der Waals surface area contributed by atoms with Crippen LogP contribution in [0.25, 0.3) is 6.08 Å². The summed E-state index contributed by atoms with van der Waals surface area (Å²) >= 11 is 0. The summed E-state index contributed by atoms with van der Waals surface area (Å²) in [6, 6.07) is 13.0. The van der Waals surface area contributed by atoms with Crippen LogP contribution in [0.15, 0.2) is 48.5 Å². The molecule has 2 aromatic rings. The summed E-state index contributed by atoms with van der Waals surface area (Å²) in [5.41, 5.74) is 2.59. The predicted octanol–water partition coefficient (Wildman–Crippen LogP) is 3.42. The molecule has 5 heteroatoms. The molecule has 3 rings (SSSR count).